The Morgan fingerprint density at radius 1 is 1.00 bits per heavy atom. The van der Waals surface area contributed by atoms with Gasteiger partial charge < -0.3 is 9.88 Å². The van der Waals surface area contributed by atoms with Gasteiger partial charge in [-0.2, -0.15) is 0 Å². The number of hydrogen-bond donors (Lipinski definition) is 1. The molecule has 0 saturated heterocycles. The molecule has 3 heteroatoms. The summed E-state index contributed by atoms with van der Waals surface area (Å²) in [5.74, 6) is 0.102. The van der Waals surface area contributed by atoms with Crippen molar-refractivity contribution in [2.75, 3.05) is 13.1 Å². The number of rotatable bonds is 3. The van der Waals surface area contributed by atoms with Crippen LogP contribution in [-0.2, 0) is 0 Å². The van der Waals surface area contributed by atoms with Crippen molar-refractivity contribution in [1.29, 1.82) is 0 Å². The SMILES string of the molecule is CCN(CC)C(=O)c1cccc2[nH]c3ccccc3c12. The number of nitrogens with zero attached hydrogens (tertiary/aromatic N) is 1. The molecule has 20 heavy (non-hydrogen) atoms. The van der Waals surface area contributed by atoms with Gasteiger partial charge >= 0.3 is 0 Å². The lowest BCUT2D eigenvalue weighted by Crippen LogP contribution is -2.30. The first-order chi connectivity index (χ1) is 9.76. The molecule has 0 aliphatic rings. The molecule has 0 unspecified atom stereocenters. The number of fused-ring (bicyclic) bond motifs is 3. The molecule has 3 rings (SSSR count). The Labute approximate surface area is 118 Å². The minimum absolute atomic E-state index is 0.102. The standard InChI is InChI=1S/C17H18N2O/c1-3-19(4-2)17(20)13-9-7-11-15-16(13)12-8-5-6-10-14(12)18-15/h5-11,18H,3-4H2,1-2H3. The van der Waals surface area contributed by atoms with E-state index in [-0.39, 0.29) is 5.91 Å². The molecule has 0 fully saturated rings. The molecule has 1 amide bonds. The van der Waals surface area contributed by atoms with Gasteiger partial charge in [-0.25, -0.2) is 0 Å². The third-order valence-corrected chi connectivity index (χ3v) is 3.81. The number of amides is 1. The van der Waals surface area contributed by atoms with Crippen molar-refractivity contribution in [1.82, 2.24) is 9.88 Å². The first-order valence-electron chi connectivity index (χ1n) is 7.05. The second-order valence-corrected chi connectivity index (χ2v) is 4.88. The monoisotopic (exact) mass is 266 g/mol. The third-order valence-electron chi connectivity index (χ3n) is 3.81. The van der Waals surface area contributed by atoms with Gasteiger partial charge in [-0.1, -0.05) is 24.3 Å². The average molecular weight is 266 g/mol. The number of H-pyrrole nitrogens is 1. The molecule has 0 radical (unpaired) electrons. The van der Waals surface area contributed by atoms with E-state index in [0.29, 0.717) is 0 Å². The van der Waals surface area contributed by atoms with E-state index in [1.165, 1.54) is 0 Å². The van der Waals surface area contributed by atoms with Gasteiger partial charge in [0.15, 0.2) is 0 Å². The molecule has 3 nitrogen and oxygen atoms in total. The molecule has 3 aromatic rings. The number of aromatic nitrogens is 1. The summed E-state index contributed by atoms with van der Waals surface area (Å²) in [6.07, 6.45) is 0. The molecule has 102 valence electrons. The summed E-state index contributed by atoms with van der Waals surface area (Å²) >= 11 is 0. The smallest absolute Gasteiger partial charge is 0.254 e. The predicted molar refractivity (Wildman–Crippen MR) is 83.1 cm³/mol. The van der Waals surface area contributed by atoms with Crippen molar-refractivity contribution in [2.24, 2.45) is 0 Å². The molecular weight excluding hydrogens is 248 g/mol. The Hall–Kier alpha value is -2.29. The van der Waals surface area contributed by atoms with Crippen LogP contribution in [0, 0.1) is 0 Å². The van der Waals surface area contributed by atoms with Gasteiger partial charge in [-0.05, 0) is 32.0 Å². The van der Waals surface area contributed by atoms with Crippen LogP contribution in [-0.4, -0.2) is 28.9 Å². The summed E-state index contributed by atoms with van der Waals surface area (Å²) in [5.41, 5.74) is 2.87. The van der Waals surface area contributed by atoms with E-state index in [2.05, 4.69) is 11.1 Å². The van der Waals surface area contributed by atoms with Crippen molar-refractivity contribution in [3.8, 4) is 0 Å². The topological polar surface area (TPSA) is 36.1 Å². The van der Waals surface area contributed by atoms with Gasteiger partial charge in [0, 0.05) is 40.5 Å². The van der Waals surface area contributed by atoms with Gasteiger partial charge in [0.1, 0.15) is 0 Å². The lowest BCUT2D eigenvalue weighted by atomic mass is 10.1. The van der Waals surface area contributed by atoms with Crippen LogP contribution in [0.1, 0.15) is 24.2 Å². The molecular formula is C17H18N2O. The van der Waals surface area contributed by atoms with E-state index in [4.69, 9.17) is 0 Å². The Bertz CT molecular complexity index is 769. The van der Waals surface area contributed by atoms with Crippen molar-refractivity contribution in [3.05, 3.63) is 48.0 Å². The van der Waals surface area contributed by atoms with Crippen molar-refractivity contribution in [3.63, 3.8) is 0 Å². The summed E-state index contributed by atoms with van der Waals surface area (Å²) in [6, 6.07) is 14.0. The lowest BCUT2D eigenvalue weighted by molar-refractivity contribution is 0.0775. The van der Waals surface area contributed by atoms with Crippen molar-refractivity contribution in [2.45, 2.75) is 13.8 Å². The number of aromatic amines is 1. The Balaban J connectivity index is 2.28. The highest BCUT2D eigenvalue weighted by molar-refractivity contribution is 6.17. The molecule has 1 aromatic heterocycles. The van der Waals surface area contributed by atoms with Gasteiger partial charge in [0.2, 0.25) is 0 Å². The molecule has 0 spiro atoms. The maximum absolute atomic E-state index is 12.7. The van der Waals surface area contributed by atoms with Gasteiger partial charge in [0.25, 0.3) is 5.91 Å². The Morgan fingerprint density at radius 3 is 2.45 bits per heavy atom. The predicted octanol–water partition coefficient (Wildman–Crippen LogP) is 3.80. The zero-order valence-electron chi connectivity index (χ0n) is 11.8. The van der Waals surface area contributed by atoms with Crippen LogP contribution >= 0.6 is 0 Å². The van der Waals surface area contributed by atoms with Gasteiger partial charge in [-0.3, -0.25) is 4.79 Å². The Morgan fingerprint density at radius 2 is 1.70 bits per heavy atom. The van der Waals surface area contributed by atoms with Crippen LogP contribution < -0.4 is 0 Å². The zero-order valence-corrected chi connectivity index (χ0v) is 11.8. The second kappa shape index (κ2) is 5.00. The fourth-order valence-electron chi connectivity index (χ4n) is 2.76. The van der Waals surface area contributed by atoms with E-state index < -0.39 is 0 Å². The average Bonchev–Trinajstić information content (AvgIpc) is 2.86. The third kappa shape index (κ3) is 1.86. The fourth-order valence-corrected chi connectivity index (χ4v) is 2.76. The van der Waals surface area contributed by atoms with E-state index in [1.54, 1.807) is 0 Å². The second-order valence-electron chi connectivity index (χ2n) is 4.88. The molecule has 1 heterocycles. The summed E-state index contributed by atoms with van der Waals surface area (Å²) < 4.78 is 0. The molecule has 0 aliphatic heterocycles. The van der Waals surface area contributed by atoms with Crippen LogP contribution in [0.15, 0.2) is 42.5 Å². The molecule has 0 saturated carbocycles. The van der Waals surface area contributed by atoms with Crippen LogP contribution in [0.2, 0.25) is 0 Å². The maximum Gasteiger partial charge on any atom is 0.254 e. The van der Waals surface area contributed by atoms with E-state index in [9.17, 15) is 4.79 Å². The van der Waals surface area contributed by atoms with Crippen LogP contribution in [0.25, 0.3) is 21.8 Å². The number of para-hydroxylation sites is 1. The molecule has 2 aromatic carbocycles. The lowest BCUT2D eigenvalue weighted by Gasteiger charge is -2.19. The highest BCUT2D eigenvalue weighted by atomic mass is 16.2. The molecule has 0 bridgehead atoms. The zero-order chi connectivity index (χ0) is 14.1. The largest absolute Gasteiger partial charge is 0.354 e. The number of carbonyl (C=O) groups excluding carboxylic acids is 1. The van der Waals surface area contributed by atoms with Crippen LogP contribution in [0.5, 0.6) is 0 Å². The fraction of sp³-hybridized carbons (Fsp3) is 0.235. The minimum atomic E-state index is 0.102. The van der Waals surface area contributed by atoms with Crippen LogP contribution in [0.3, 0.4) is 0 Å². The first-order valence-corrected chi connectivity index (χ1v) is 7.05. The number of carbonyl (C=O) groups is 1. The van der Waals surface area contributed by atoms with Crippen molar-refractivity contribution >= 4 is 27.7 Å². The summed E-state index contributed by atoms with van der Waals surface area (Å²) in [5, 5.41) is 2.14. The minimum Gasteiger partial charge on any atom is -0.354 e. The summed E-state index contributed by atoms with van der Waals surface area (Å²) in [6.45, 7) is 5.48. The normalized spacial score (nSPS) is 11.1. The highest BCUT2D eigenvalue weighted by Crippen LogP contribution is 2.28. The molecule has 0 aliphatic carbocycles. The quantitative estimate of drug-likeness (QED) is 0.769. The number of benzene rings is 2. The van der Waals surface area contributed by atoms with Gasteiger partial charge in [0.05, 0.1) is 0 Å². The molecule has 1 N–H and O–H groups in total. The maximum atomic E-state index is 12.7. The van der Waals surface area contributed by atoms with E-state index in [0.717, 1.165) is 40.5 Å². The van der Waals surface area contributed by atoms with Crippen molar-refractivity contribution < 1.29 is 4.79 Å². The number of hydrogen-bond acceptors (Lipinski definition) is 1. The van der Waals surface area contributed by atoms with E-state index >= 15 is 0 Å². The molecule has 0 atom stereocenters. The highest BCUT2D eigenvalue weighted by Gasteiger charge is 2.17. The Kier molecular flexibility index (Phi) is 3.18. The van der Waals surface area contributed by atoms with E-state index in [1.807, 2.05) is 55.1 Å². The summed E-state index contributed by atoms with van der Waals surface area (Å²) in [7, 11) is 0. The van der Waals surface area contributed by atoms with Crippen LogP contribution in [0.4, 0.5) is 0 Å². The summed E-state index contributed by atoms with van der Waals surface area (Å²) in [4.78, 5) is 17.9. The first kappa shape index (κ1) is 12.7. The number of nitrogens with one attached hydrogen (secondary N) is 1. The van der Waals surface area contributed by atoms with Gasteiger partial charge in [-0.15, -0.1) is 0 Å².